The summed E-state index contributed by atoms with van der Waals surface area (Å²) in [5, 5.41) is 8.43. The van der Waals surface area contributed by atoms with Gasteiger partial charge in [-0.25, -0.2) is 14.6 Å². The van der Waals surface area contributed by atoms with Crippen LogP contribution < -0.4 is 52.6 Å². The first-order chi connectivity index (χ1) is 35.5. The molecule has 0 fully saturated rings. The first-order valence-corrected chi connectivity index (χ1v) is 23.9. The summed E-state index contributed by atoms with van der Waals surface area (Å²) in [6.45, 7) is 8.34. The molecule has 0 saturated heterocycles. The molecule has 0 bridgehead atoms. The number of nitrogens with one attached hydrogen (secondary N) is 2. The van der Waals surface area contributed by atoms with E-state index in [9.17, 15) is 24.0 Å². The number of amides is 5. The van der Waals surface area contributed by atoms with Crippen molar-refractivity contribution in [1.82, 2.24) is 25.5 Å². The van der Waals surface area contributed by atoms with E-state index in [0.29, 0.717) is 46.6 Å². The summed E-state index contributed by atoms with van der Waals surface area (Å²) >= 11 is 12.5. The number of hydrogen-bond donors (Lipinski definition) is 5. The smallest absolute Gasteiger partial charge is 0.437 e. The monoisotopic (exact) mass is 1080 g/mol. The maximum atomic E-state index is 12.9. The number of rotatable bonds is 19. The van der Waals surface area contributed by atoms with Gasteiger partial charge in [-0.05, 0) is 111 Å². The van der Waals surface area contributed by atoms with E-state index in [2.05, 4.69) is 21.6 Å². The van der Waals surface area contributed by atoms with Gasteiger partial charge in [-0.1, -0.05) is 108 Å². The zero-order chi connectivity index (χ0) is 53.6. The van der Waals surface area contributed by atoms with Crippen LogP contribution in [0.5, 0.6) is 23.0 Å². The topological polar surface area (TPSA) is 259 Å². The van der Waals surface area contributed by atoms with E-state index >= 15 is 0 Å². The maximum absolute atomic E-state index is 12.9. The van der Waals surface area contributed by atoms with Gasteiger partial charge in [-0.2, -0.15) is 4.68 Å². The Morgan fingerprint density at radius 1 is 0.667 bits per heavy atom. The van der Waals surface area contributed by atoms with Gasteiger partial charge in [0.05, 0.1) is 48.4 Å². The first-order valence-electron chi connectivity index (χ1n) is 23.1. The molecule has 75 heavy (non-hydrogen) atoms. The van der Waals surface area contributed by atoms with E-state index in [-0.39, 0.29) is 67.3 Å². The van der Waals surface area contributed by atoms with Crippen LogP contribution in [0.2, 0.25) is 10.0 Å². The molecule has 5 amide bonds. The summed E-state index contributed by atoms with van der Waals surface area (Å²) in [7, 11) is 0. The Hall–Kier alpha value is -8.03. The fraction of sp³-hybridized carbons (Fsp3) is 0.222. The van der Waals surface area contributed by atoms with E-state index < -0.39 is 29.5 Å². The summed E-state index contributed by atoms with van der Waals surface area (Å²) in [6, 6.07) is 43.4. The van der Waals surface area contributed by atoms with Crippen molar-refractivity contribution in [2.45, 2.75) is 66.2 Å². The molecule has 0 aliphatic heterocycles. The van der Waals surface area contributed by atoms with Gasteiger partial charge < -0.3 is 45.9 Å². The van der Waals surface area contributed by atoms with Gasteiger partial charge in [0, 0.05) is 11.1 Å². The van der Waals surface area contributed by atoms with Gasteiger partial charge in [-0.3, -0.25) is 19.8 Å². The highest BCUT2D eigenvalue weighted by Gasteiger charge is 2.20. The first kappa shape index (κ1) is 59.5. The number of hydrogen-bond acceptors (Lipinski definition) is 12. The lowest BCUT2D eigenvalue weighted by molar-refractivity contribution is -0.117. The predicted octanol–water partition coefficient (Wildman–Crippen LogP) is 8.47. The molecular formula is C54H59Cl3N8O10. The van der Waals surface area contributed by atoms with Crippen molar-refractivity contribution in [2.24, 2.45) is 17.2 Å². The molecule has 1 aromatic heterocycles. The third kappa shape index (κ3) is 20.4. The Balaban J connectivity index is 0.000000296. The zero-order valence-electron chi connectivity index (χ0n) is 41.6. The Morgan fingerprint density at radius 3 is 1.63 bits per heavy atom. The van der Waals surface area contributed by atoms with Crippen molar-refractivity contribution in [2.75, 3.05) is 13.1 Å². The van der Waals surface area contributed by atoms with Crippen LogP contribution in [0.3, 0.4) is 0 Å². The fourth-order valence-corrected chi connectivity index (χ4v) is 6.77. The molecule has 0 aliphatic rings. The van der Waals surface area contributed by atoms with Crippen LogP contribution in [0, 0.1) is 0 Å². The van der Waals surface area contributed by atoms with Gasteiger partial charge in [0.1, 0.15) is 36.2 Å². The van der Waals surface area contributed by atoms with E-state index in [0.717, 1.165) is 27.4 Å². The molecule has 0 saturated carbocycles. The van der Waals surface area contributed by atoms with Gasteiger partial charge in [0.2, 0.25) is 17.7 Å². The van der Waals surface area contributed by atoms with E-state index in [4.69, 9.17) is 58.0 Å². The molecule has 6 aromatic carbocycles. The molecule has 0 aliphatic carbocycles. The number of primary amides is 2. The van der Waals surface area contributed by atoms with Crippen LogP contribution in [0.4, 0.5) is 4.79 Å². The fourth-order valence-electron chi connectivity index (χ4n) is 6.32. The number of nitrogens with zero attached hydrogens (tertiary/aromatic N) is 3. The van der Waals surface area contributed by atoms with Gasteiger partial charge in [-0.15, -0.1) is 17.5 Å². The molecule has 7 aromatic rings. The summed E-state index contributed by atoms with van der Waals surface area (Å²) in [5.74, 6) is 0.329. The minimum Gasteiger partial charge on any atom is -0.489 e. The maximum Gasteiger partial charge on any atom is 0.437 e. The molecule has 0 unspecified atom stereocenters. The van der Waals surface area contributed by atoms with Gasteiger partial charge >= 0.3 is 11.8 Å². The van der Waals surface area contributed by atoms with Crippen molar-refractivity contribution < 1.29 is 42.5 Å². The van der Waals surface area contributed by atoms with Crippen LogP contribution >= 0.6 is 35.6 Å². The minimum absolute atomic E-state index is 0. The normalized spacial score (nSPS) is 10.4. The number of carbonyl (C=O) groups excluding carboxylic acids is 4. The van der Waals surface area contributed by atoms with Crippen molar-refractivity contribution >= 4 is 59.4 Å². The molecule has 18 nitrogen and oxygen atoms in total. The van der Waals surface area contributed by atoms with Crippen LogP contribution in [0.1, 0.15) is 60.3 Å². The van der Waals surface area contributed by atoms with Crippen LogP contribution in [0.15, 0.2) is 155 Å². The minimum atomic E-state index is -0.716. The highest BCUT2D eigenvalue weighted by molar-refractivity contribution is 6.32. The Bertz CT molecular complexity index is 2980. The number of carbonyl (C=O) groups is 4. The highest BCUT2D eigenvalue weighted by atomic mass is 35.5. The van der Waals surface area contributed by atoms with E-state index in [1.54, 1.807) is 48.5 Å². The van der Waals surface area contributed by atoms with Crippen molar-refractivity contribution in [1.29, 1.82) is 0 Å². The summed E-state index contributed by atoms with van der Waals surface area (Å²) < 4.78 is 29.4. The number of benzene rings is 6. The zero-order valence-corrected chi connectivity index (χ0v) is 43.9. The molecule has 8 N–H and O–H groups in total. The highest BCUT2D eigenvalue weighted by Crippen LogP contribution is 2.30. The second kappa shape index (κ2) is 30.2. The number of ether oxygens (including phenoxy) is 4. The van der Waals surface area contributed by atoms with Crippen molar-refractivity contribution in [3.05, 3.63) is 194 Å². The predicted molar refractivity (Wildman–Crippen MR) is 289 cm³/mol. The quantitative estimate of drug-likeness (QED) is 0.0478. The van der Waals surface area contributed by atoms with Gasteiger partial charge in [0.25, 0.3) is 5.91 Å². The SMILES string of the molecule is CC(C)Oc1ccc(-c2nn(Cc3ccc(OCc4ccccc4)cc3)c(=O)o2)cc1Cl.CC(C)Oc1ccc(C(=O)NN(Cc2ccc(OCc3ccccc3)cc2)C(=O)NCC(N)=O)cc1Cl.Cl.NCC(N)=O. The summed E-state index contributed by atoms with van der Waals surface area (Å²) in [6.07, 6.45) is -0.0811. The Morgan fingerprint density at radius 2 is 1.16 bits per heavy atom. The Labute approximate surface area is 450 Å². The number of aromatic nitrogens is 2. The number of hydrazine groups is 1. The molecule has 0 atom stereocenters. The van der Waals surface area contributed by atoms with Crippen molar-refractivity contribution in [3.63, 3.8) is 0 Å². The van der Waals surface area contributed by atoms with Crippen LogP contribution in [-0.2, 0) is 35.9 Å². The molecular weight excluding hydrogens is 1030 g/mol. The summed E-state index contributed by atoms with van der Waals surface area (Å²) in [5.41, 5.74) is 21.5. The molecule has 396 valence electrons. The second-order valence-corrected chi connectivity index (χ2v) is 17.4. The average Bonchev–Trinajstić information content (AvgIpc) is 3.75. The van der Waals surface area contributed by atoms with Gasteiger partial charge in [0.15, 0.2) is 0 Å². The number of halogens is 3. The molecule has 21 heteroatoms. The molecule has 0 spiro atoms. The lowest BCUT2D eigenvalue weighted by atomic mass is 10.2. The van der Waals surface area contributed by atoms with Crippen molar-refractivity contribution in [3.8, 4) is 34.5 Å². The number of nitrogens with two attached hydrogens (primary N) is 3. The lowest BCUT2D eigenvalue weighted by Gasteiger charge is -2.24. The average molecular weight is 1090 g/mol. The number of urea groups is 1. The molecule has 7 rings (SSSR count). The van der Waals surface area contributed by atoms with E-state index in [1.807, 2.05) is 113 Å². The Kier molecular flexibility index (Phi) is 24.0. The standard InChI is InChI=1S/C27H29ClN4O5.C25H23ClN2O4.C2H6N2O.ClH/c1-18(2)37-24-13-10-21(14-23(24)28)26(34)31-32(27(35)30-15-25(29)33)16-19-8-11-22(12-9-19)36-17-20-6-4-3-5-7-20;1-17(2)31-23-13-10-20(14-22(23)26)24-27-28(25(29)32-24)15-18-8-11-21(12-9-18)30-16-19-6-4-3-5-7-19;3-1-2(4)5;/h3-14,18H,15-17H2,1-2H3,(H2,29,33)(H,30,35)(H,31,34);3-14,17H,15-16H2,1-2H3;1,3H2,(H2,4,5);1H. The second-order valence-electron chi connectivity index (χ2n) is 16.6. The van der Waals surface area contributed by atoms with E-state index in [1.165, 1.54) is 16.8 Å². The summed E-state index contributed by atoms with van der Waals surface area (Å²) in [4.78, 5) is 58.5. The third-order valence-corrected chi connectivity index (χ3v) is 10.4. The lowest BCUT2D eigenvalue weighted by Crippen LogP contribution is -2.51. The molecule has 0 radical (unpaired) electrons. The third-order valence-electron chi connectivity index (χ3n) is 9.82. The van der Waals surface area contributed by atoms with Crippen LogP contribution in [-0.4, -0.2) is 63.8 Å². The largest absolute Gasteiger partial charge is 0.489 e. The molecule has 1 heterocycles. The van der Waals surface area contributed by atoms with Crippen LogP contribution in [0.25, 0.3) is 11.5 Å².